The number of aromatic hydroxyl groups is 1. The summed E-state index contributed by atoms with van der Waals surface area (Å²) in [6.07, 6.45) is 0. The van der Waals surface area contributed by atoms with Gasteiger partial charge in [0.05, 0.1) is 34.1 Å². The standard InChI is InChI=1S/C35H26N8O6S.2Na/c36-28-14-15-30(42-41-29-16-18-32(50(47,48)49)26-4-2-1-3-25(26)29)33(37)34(28)43-39-23-11-7-21(8-12-23)20-5-9-22(10-6-20)38-40-24-13-17-31(44)27(19-24)35(45)46;;/h1-19,44H,36-37H2,(H,45,46)(H,47,48,49);;. The van der Waals surface area contributed by atoms with Crippen molar-refractivity contribution in [1.82, 2.24) is 0 Å². The van der Waals surface area contributed by atoms with E-state index in [1.54, 1.807) is 60.7 Å². The third-order valence-corrected chi connectivity index (χ3v) is 8.37. The van der Waals surface area contributed by atoms with E-state index in [4.69, 9.17) is 16.6 Å². The summed E-state index contributed by atoms with van der Waals surface area (Å²) >= 11 is 0. The molecule has 0 fully saturated rings. The third kappa shape index (κ3) is 9.14. The Morgan fingerprint density at radius 2 is 1.12 bits per heavy atom. The molecule has 17 heteroatoms. The first kappa shape index (κ1) is 39.9. The molecule has 0 aromatic heterocycles. The number of anilines is 2. The number of carboxylic acids is 1. The van der Waals surface area contributed by atoms with Crippen LogP contribution in [0.15, 0.2) is 151 Å². The summed E-state index contributed by atoms with van der Waals surface area (Å²) in [6, 6.07) is 30.9. The van der Waals surface area contributed by atoms with Crippen molar-refractivity contribution in [2.24, 2.45) is 30.7 Å². The number of phenols is 1. The number of carbonyl (C=O) groups is 1. The van der Waals surface area contributed by atoms with Gasteiger partial charge in [0, 0.05) is 69.9 Å². The molecule has 0 saturated carbocycles. The molecule has 0 saturated heterocycles. The first-order chi connectivity index (χ1) is 24.0. The quantitative estimate of drug-likeness (QED) is 0.0415. The molecular weight excluding hydrogens is 706 g/mol. The van der Waals surface area contributed by atoms with Crippen molar-refractivity contribution < 1.29 is 28.0 Å². The van der Waals surface area contributed by atoms with Crippen LogP contribution in [0.3, 0.4) is 0 Å². The zero-order valence-electron chi connectivity index (χ0n) is 27.8. The molecule has 0 aliphatic rings. The van der Waals surface area contributed by atoms with Gasteiger partial charge in [0.1, 0.15) is 27.6 Å². The van der Waals surface area contributed by atoms with Crippen LogP contribution in [-0.4, -0.2) is 88.3 Å². The molecular formula is C35H26N8Na2O6S. The van der Waals surface area contributed by atoms with E-state index in [0.29, 0.717) is 27.8 Å². The predicted octanol–water partition coefficient (Wildman–Crippen LogP) is 8.81. The van der Waals surface area contributed by atoms with Gasteiger partial charge in [-0.15, -0.1) is 15.3 Å². The van der Waals surface area contributed by atoms with Gasteiger partial charge in [-0.25, -0.2) is 4.79 Å². The maximum Gasteiger partial charge on any atom is 0.339 e. The topological polar surface area (TPSA) is 238 Å². The molecule has 6 aromatic carbocycles. The van der Waals surface area contributed by atoms with Crippen molar-refractivity contribution in [3.8, 4) is 16.9 Å². The Morgan fingerprint density at radius 3 is 1.71 bits per heavy atom. The Bertz CT molecular complexity index is 2480. The summed E-state index contributed by atoms with van der Waals surface area (Å²) in [5.74, 6) is -1.62. The SMILES string of the molecule is Nc1ccc(N=Nc2ccc(S(=O)(=O)O)c3ccccc23)c(N)c1N=Nc1ccc(-c2ccc(N=Nc3ccc(O)c(C(=O)O)c3)cc2)cc1.[Na].[Na]. The number of aromatic carboxylic acids is 1. The van der Waals surface area contributed by atoms with Crippen molar-refractivity contribution in [2.45, 2.75) is 4.90 Å². The maximum atomic E-state index is 11.8. The maximum absolute atomic E-state index is 11.8. The van der Waals surface area contributed by atoms with E-state index < -0.39 is 16.1 Å². The second kappa shape index (κ2) is 17.1. The molecule has 52 heavy (non-hydrogen) atoms. The first-order valence-corrected chi connectivity index (χ1v) is 16.1. The molecule has 0 amide bonds. The zero-order chi connectivity index (χ0) is 35.4. The summed E-state index contributed by atoms with van der Waals surface area (Å²) in [5, 5.41) is 44.9. The van der Waals surface area contributed by atoms with Crippen LogP contribution in [0.4, 0.5) is 45.5 Å². The third-order valence-electron chi connectivity index (χ3n) is 7.45. The Morgan fingerprint density at radius 1 is 0.596 bits per heavy atom. The van der Waals surface area contributed by atoms with Gasteiger partial charge in [-0.1, -0.05) is 48.5 Å². The Labute approximate surface area is 341 Å². The van der Waals surface area contributed by atoms with Crippen molar-refractivity contribution in [2.75, 3.05) is 11.5 Å². The van der Waals surface area contributed by atoms with Crippen LogP contribution in [-0.2, 0) is 10.1 Å². The molecule has 0 aliphatic carbocycles. The van der Waals surface area contributed by atoms with Gasteiger partial charge >= 0.3 is 5.97 Å². The summed E-state index contributed by atoms with van der Waals surface area (Å²) in [4.78, 5) is 11.0. The summed E-state index contributed by atoms with van der Waals surface area (Å²) in [6.45, 7) is 0. The minimum Gasteiger partial charge on any atom is -0.507 e. The van der Waals surface area contributed by atoms with E-state index in [9.17, 15) is 22.9 Å². The number of hydrogen-bond acceptors (Lipinski definition) is 12. The molecule has 2 radical (unpaired) electrons. The minimum atomic E-state index is -4.45. The summed E-state index contributed by atoms with van der Waals surface area (Å²) < 4.78 is 33.3. The normalized spacial score (nSPS) is 11.6. The van der Waals surface area contributed by atoms with Gasteiger partial charge in [-0.2, -0.15) is 23.8 Å². The Balaban J connectivity index is 0.00000302. The van der Waals surface area contributed by atoms with Gasteiger partial charge in [-0.05, 0) is 77.9 Å². The molecule has 0 heterocycles. The zero-order valence-corrected chi connectivity index (χ0v) is 32.6. The average molecular weight is 733 g/mol. The van der Waals surface area contributed by atoms with Crippen LogP contribution < -0.4 is 11.5 Å². The van der Waals surface area contributed by atoms with Gasteiger partial charge in [0.25, 0.3) is 10.1 Å². The number of fused-ring (bicyclic) bond motifs is 1. The van der Waals surface area contributed by atoms with Crippen LogP contribution in [0.1, 0.15) is 10.4 Å². The van der Waals surface area contributed by atoms with Crippen molar-refractivity contribution >= 4 is 131 Å². The number of nitrogen functional groups attached to an aromatic ring is 2. The van der Waals surface area contributed by atoms with E-state index in [0.717, 1.165) is 11.1 Å². The molecule has 0 atom stereocenters. The fourth-order valence-corrected chi connectivity index (χ4v) is 5.61. The number of hydrogen-bond donors (Lipinski definition) is 5. The molecule has 0 aliphatic heterocycles. The van der Waals surface area contributed by atoms with E-state index in [1.807, 2.05) is 24.3 Å². The van der Waals surface area contributed by atoms with Gasteiger partial charge in [0.15, 0.2) is 0 Å². The van der Waals surface area contributed by atoms with E-state index in [2.05, 4.69) is 30.7 Å². The fraction of sp³-hybridized carbons (Fsp3) is 0. The average Bonchev–Trinajstić information content (AvgIpc) is 3.10. The molecule has 14 nitrogen and oxygen atoms in total. The van der Waals surface area contributed by atoms with E-state index >= 15 is 0 Å². The van der Waals surface area contributed by atoms with E-state index in [-0.39, 0.29) is 104 Å². The minimum absolute atomic E-state index is 0. The molecule has 6 rings (SSSR count). The number of benzene rings is 6. The Kier molecular flexibility index (Phi) is 13.1. The second-order valence-corrected chi connectivity index (χ2v) is 12.1. The number of rotatable bonds is 9. The molecule has 0 spiro atoms. The number of nitrogens with two attached hydrogens (primary N) is 2. The van der Waals surface area contributed by atoms with Crippen LogP contribution in [0.2, 0.25) is 0 Å². The van der Waals surface area contributed by atoms with Gasteiger partial charge in [0.2, 0.25) is 0 Å². The Hall–Kier alpha value is -4.84. The number of carboxylic acid groups (broad SMARTS) is 1. The van der Waals surface area contributed by atoms with Crippen LogP contribution in [0, 0.1) is 0 Å². The monoisotopic (exact) mass is 732 g/mol. The van der Waals surface area contributed by atoms with Gasteiger partial charge < -0.3 is 21.7 Å². The van der Waals surface area contributed by atoms with Crippen LogP contribution in [0.5, 0.6) is 5.75 Å². The molecule has 250 valence electrons. The summed E-state index contributed by atoms with van der Waals surface area (Å²) in [5.41, 5.74) is 16.6. The second-order valence-electron chi connectivity index (χ2n) is 10.7. The van der Waals surface area contributed by atoms with Crippen LogP contribution >= 0.6 is 0 Å². The smallest absolute Gasteiger partial charge is 0.339 e. The number of nitrogens with zero attached hydrogens (tertiary/aromatic N) is 6. The first-order valence-electron chi connectivity index (χ1n) is 14.7. The molecule has 0 bridgehead atoms. The predicted molar refractivity (Wildman–Crippen MR) is 200 cm³/mol. The van der Waals surface area contributed by atoms with Crippen molar-refractivity contribution in [1.29, 1.82) is 0 Å². The molecule has 6 aromatic rings. The largest absolute Gasteiger partial charge is 0.507 e. The molecule has 7 N–H and O–H groups in total. The van der Waals surface area contributed by atoms with E-state index in [1.165, 1.54) is 30.3 Å². The number of azo groups is 3. The van der Waals surface area contributed by atoms with Crippen molar-refractivity contribution in [3.63, 3.8) is 0 Å². The van der Waals surface area contributed by atoms with Gasteiger partial charge in [-0.3, -0.25) is 4.55 Å². The molecule has 0 unspecified atom stereocenters. The fourth-order valence-electron chi connectivity index (χ4n) is 4.91. The van der Waals surface area contributed by atoms with Crippen molar-refractivity contribution in [3.05, 3.63) is 121 Å². The summed E-state index contributed by atoms with van der Waals surface area (Å²) in [7, 11) is -4.45. The van der Waals surface area contributed by atoms with Crippen LogP contribution in [0.25, 0.3) is 21.9 Å².